The highest BCUT2D eigenvalue weighted by atomic mass is 35.5. The number of nitrogens with zero attached hydrogens (tertiary/aromatic N) is 2. The van der Waals surface area contributed by atoms with E-state index in [4.69, 9.17) is 27.9 Å². The Morgan fingerprint density at radius 2 is 1.46 bits per heavy atom. The van der Waals surface area contributed by atoms with Crippen molar-refractivity contribution in [2.24, 2.45) is 0 Å². The van der Waals surface area contributed by atoms with Crippen molar-refractivity contribution in [2.75, 3.05) is 0 Å². The number of fused-ring (bicyclic) bond motifs is 1. The first-order chi connectivity index (χ1) is 17.8. The largest absolute Gasteiger partial charge is 0.489 e. The molecule has 1 aromatic heterocycles. The molecular formula is C29H19Cl2F3N2O. The van der Waals surface area contributed by atoms with Crippen molar-refractivity contribution in [2.45, 2.75) is 19.2 Å². The van der Waals surface area contributed by atoms with Gasteiger partial charge in [-0.3, -0.25) is 0 Å². The predicted molar refractivity (Wildman–Crippen MR) is 140 cm³/mol. The summed E-state index contributed by atoms with van der Waals surface area (Å²) in [5, 5.41) is 9.62. The molecule has 3 nitrogen and oxygen atoms in total. The van der Waals surface area contributed by atoms with Crippen LogP contribution < -0.4 is 4.74 Å². The smallest absolute Gasteiger partial charge is 0.418 e. The van der Waals surface area contributed by atoms with Gasteiger partial charge in [0.15, 0.2) is 0 Å². The van der Waals surface area contributed by atoms with Crippen molar-refractivity contribution in [3.05, 3.63) is 123 Å². The summed E-state index contributed by atoms with van der Waals surface area (Å²) < 4.78 is 47.3. The molecule has 0 radical (unpaired) electrons. The average Bonchev–Trinajstić information content (AvgIpc) is 2.88. The minimum Gasteiger partial charge on any atom is -0.489 e. The SMILES string of the molecule is FC(F)(F)c1cccc2c(-c3cccc(OCc4c(Cl)cccc4Cl)c3)c(Cc3ccccc3)nnc12. The minimum atomic E-state index is -4.56. The first-order valence-electron chi connectivity index (χ1n) is 11.4. The highest BCUT2D eigenvalue weighted by Gasteiger charge is 2.34. The third-order valence-electron chi connectivity index (χ3n) is 5.95. The van der Waals surface area contributed by atoms with E-state index in [1.807, 2.05) is 36.4 Å². The zero-order chi connectivity index (χ0) is 26.0. The Kier molecular flexibility index (Phi) is 7.04. The number of hydrogen-bond acceptors (Lipinski definition) is 3. The topological polar surface area (TPSA) is 35.0 Å². The van der Waals surface area contributed by atoms with E-state index in [9.17, 15) is 13.2 Å². The number of halogens is 5. The summed E-state index contributed by atoms with van der Waals surface area (Å²) in [7, 11) is 0. The lowest BCUT2D eigenvalue weighted by Crippen LogP contribution is -2.09. The van der Waals surface area contributed by atoms with E-state index in [-0.39, 0.29) is 12.1 Å². The van der Waals surface area contributed by atoms with Crippen LogP contribution in [0.1, 0.15) is 22.4 Å². The number of ether oxygens (including phenoxy) is 1. The maximum atomic E-state index is 13.8. The zero-order valence-corrected chi connectivity index (χ0v) is 20.8. The fourth-order valence-electron chi connectivity index (χ4n) is 4.20. The summed E-state index contributed by atoms with van der Waals surface area (Å²) in [4.78, 5) is 0. The van der Waals surface area contributed by atoms with E-state index in [1.165, 1.54) is 6.07 Å². The molecule has 0 spiro atoms. The van der Waals surface area contributed by atoms with Gasteiger partial charge in [0.25, 0.3) is 0 Å². The van der Waals surface area contributed by atoms with Gasteiger partial charge >= 0.3 is 6.18 Å². The fourth-order valence-corrected chi connectivity index (χ4v) is 4.71. The number of rotatable bonds is 6. The summed E-state index contributed by atoms with van der Waals surface area (Å²) >= 11 is 12.5. The van der Waals surface area contributed by atoms with Crippen molar-refractivity contribution in [1.29, 1.82) is 0 Å². The Morgan fingerprint density at radius 1 is 0.757 bits per heavy atom. The zero-order valence-electron chi connectivity index (χ0n) is 19.3. The van der Waals surface area contributed by atoms with E-state index < -0.39 is 11.7 Å². The molecule has 0 N–H and O–H groups in total. The normalized spacial score (nSPS) is 11.6. The molecule has 0 atom stereocenters. The molecule has 37 heavy (non-hydrogen) atoms. The molecule has 0 saturated carbocycles. The van der Waals surface area contributed by atoms with Gasteiger partial charge in [-0.2, -0.15) is 18.3 Å². The first kappa shape index (κ1) is 25.1. The second-order valence-corrected chi connectivity index (χ2v) is 9.21. The van der Waals surface area contributed by atoms with Crippen LogP contribution in [0.4, 0.5) is 13.2 Å². The van der Waals surface area contributed by atoms with Gasteiger partial charge in [0, 0.05) is 33.0 Å². The van der Waals surface area contributed by atoms with Crippen molar-refractivity contribution in [1.82, 2.24) is 10.2 Å². The summed E-state index contributed by atoms with van der Waals surface area (Å²) in [6, 6.07) is 26.0. The Hall–Kier alpha value is -3.61. The van der Waals surface area contributed by atoms with E-state index >= 15 is 0 Å². The molecule has 0 unspecified atom stereocenters. The molecule has 186 valence electrons. The lowest BCUT2D eigenvalue weighted by Gasteiger charge is -2.16. The molecule has 4 aromatic carbocycles. The van der Waals surface area contributed by atoms with Crippen LogP contribution in [0, 0.1) is 0 Å². The van der Waals surface area contributed by atoms with Crippen molar-refractivity contribution >= 4 is 34.1 Å². The second-order valence-electron chi connectivity index (χ2n) is 8.40. The van der Waals surface area contributed by atoms with Gasteiger partial charge in [0.2, 0.25) is 0 Å². The van der Waals surface area contributed by atoms with Crippen LogP contribution in [0.15, 0.2) is 91.0 Å². The van der Waals surface area contributed by atoms with Crippen LogP contribution in [-0.4, -0.2) is 10.2 Å². The Balaban J connectivity index is 1.61. The molecule has 5 aromatic rings. The van der Waals surface area contributed by atoms with Crippen LogP contribution in [0.2, 0.25) is 10.0 Å². The number of hydrogen-bond donors (Lipinski definition) is 0. The third kappa shape index (κ3) is 5.41. The Morgan fingerprint density at radius 3 is 2.19 bits per heavy atom. The summed E-state index contributed by atoms with van der Waals surface area (Å²) in [6.45, 7) is 0.131. The van der Waals surface area contributed by atoms with Gasteiger partial charge in [-0.25, -0.2) is 0 Å². The fraction of sp³-hybridized carbons (Fsp3) is 0.103. The highest BCUT2D eigenvalue weighted by Crippen LogP contribution is 2.39. The molecule has 1 heterocycles. The van der Waals surface area contributed by atoms with E-state index in [2.05, 4.69) is 10.2 Å². The molecule has 0 amide bonds. The van der Waals surface area contributed by atoms with Crippen LogP contribution in [0.3, 0.4) is 0 Å². The molecule has 0 bridgehead atoms. The Bertz CT molecular complexity index is 1550. The molecule has 0 fully saturated rings. The van der Waals surface area contributed by atoms with E-state index in [0.717, 1.165) is 11.6 Å². The van der Waals surface area contributed by atoms with Gasteiger partial charge in [-0.05, 0) is 41.5 Å². The molecule has 0 saturated heterocycles. The quantitative estimate of drug-likeness (QED) is 0.216. The molecule has 5 rings (SSSR count). The van der Waals surface area contributed by atoms with Crippen molar-refractivity contribution in [3.63, 3.8) is 0 Å². The first-order valence-corrected chi connectivity index (χ1v) is 12.1. The summed E-state index contributed by atoms with van der Waals surface area (Å²) in [5.74, 6) is 0.510. The molecule has 0 aliphatic carbocycles. The van der Waals surface area contributed by atoms with Crippen LogP contribution in [0.5, 0.6) is 5.75 Å². The summed E-state index contributed by atoms with van der Waals surface area (Å²) in [6.07, 6.45) is -4.17. The Labute approximate surface area is 221 Å². The van der Waals surface area contributed by atoms with E-state index in [0.29, 0.717) is 50.0 Å². The second kappa shape index (κ2) is 10.4. The molecule has 8 heteroatoms. The van der Waals surface area contributed by atoms with Gasteiger partial charge in [-0.15, -0.1) is 5.10 Å². The van der Waals surface area contributed by atoms with Gasteiger partial charge in [0.05, 0.1) is 11.3 Å². The van der Waals surface area contributed by atoms with Gasteiger partial charge in [-0.1, -0.05) is 83.9 Å². The lowest BCUT2D eigenvalue weighted by atomic mass is 9.94. The standard InChI is InChI=1S/C29H19Cl2F3N2O/c30-24-13-6-14-25(31)22(24)17-37-20-10-4-9-19(16-20)27-21-11-5-12-23(29(32,33)34)28(21)36-35-26(27)15-18-7-2-1-3-8-18/h1-14,16H,15,17H2. The summed E-state index contributed by atoms with van der Waals surface area (Å²) in [5.41, 5.74) is 2.37. The van der Waals surface area contributed by atoms with Crippen LogP contribution >= 0.6 is 23.2 Å². The van der Waals surface area contributed by atoms with Gasteiger partial charge in [0.1, 0.15) is 17.9 Å². The monoisotopic (exact) mass is 538 g/mol. The van der Waals surface area contributed by atoms with Crippen LogP contribution in [0.25, 0.3) is 22.0 Å². The van der Waals surface area contributed by atoms with E-state index in [1.54, 1.807) is 42.5 Å². The minimum absolute atomic E-state index is 0.131. The maximum absolute atomic E-state index is 13.8. The maximum Gasteiger partial charge on any atom is 0.418 e. The van der Waals surface area contributed by atoms with Crippen LogP contribution in [-0.2, 0) is 19.2 Å². The van der Waals surface area contributed by atoms with Crippen molar-refractivity contribution in [3.8, 4) is 16.9 Å². The number of aromatic nitrogens is 2. The van der Waals surface area contributed by atoms with Crippen molar-refractivity contribution < 1.29 is 17.9 Å². The lowest BCUT2D eigenvalue weighted by molar-refractivity contribution is -0.136. The predicted octanol–water partition coefficient (Wildman–Crippen LogP) is 8.79. The highest BCUT2D eigenvalue weighted by molar-refractivity contribution is 6.35. The molecule has 0 aliphatic heterocycles. The molecule has 0 aliphatic rings. The third-order valence-corrected chi connectivity index (χ3v) is 6.66. The average molecular weight is 539 g/mol. The molecular weight excluding hydrogens is 520 g/mol. The number of benzene rings is 4. The van der Waals surface area contributed by atoms with Gasteiger partial charge < -0.3 is 4.74 Å². The number of alkyl halides is 3.